The lowest BCUT2D eigenvalue weighted by Crippen LogP contribution is -2.40. The van der Waals surface area contributed by atoms with Gasteiger partial charge in [0, 0.05) is 12.1 Å². The topological polar surface area (TPSA) is 58.6 Å². The molecule has 2 aromatic rings. The van der Waals surface area contributed by atoms with E-state index < -0.39 is 5.54 Å². The fraction of sp³-hybridized carbons (Fsp3) is 0.333. The van der Waals surface area contributed by atoms with Crippen molar-refractivity contribution < 1.29 is 14.3 Å². The van der Waals surface area contributed by atoms with Gasteiger partial charge in [-0.25, -0.2) is 4.79 Å². The Kier molecular flexibility index (Phi) is 5.26. The van der Waals surface area contributed by atoms with E-state index in [4.69, 9.17) is 4.74 Å². The molecule has 136 valence electrons. The third-order valence-electron chi connectivity index (χ3n) is 4.45. The van der Waals surface area contributed by atoms with Gasteiger partial charge in [0.2, 0.25) is 0 Å². The summed E-state index contributed by atoms with van der Waals surface area (Å²) in [6, 6.07) is 17.8. The molecule has 0 atom stereocenters. The van der Waals surface area contributed by atoms with Gasteiger partial charge in [0.25, 0.3) is 5.91 Å². The second-order valence-electron chi connectivity index (χ2n) is 6.93. The molecule has 0 spiro atoms. The molecule has 0 aliphatic carbocycles. The van der Waals surface area contributed by atoms with Crippen LogP contribution in [0.2, 0.25) is 0 Å². The molecule has 2 aromatic carbocycles. The summed E-state index contributed by atoms with van der Waals surface area (Å²) >= 11 is 0. The van der Waals surface area contributed by atoms with Crippen molar-refractivity contribution in [3.05, 3.63) is 54.6 Å². The lowest BCUT2D eigenvalue weighted by molar-refractivity contribution is -0.130. The van der Waals surface area contributed by atoms with Crippen molar-refractivity contribution in [1.29, 1.82) is 0 Å². The van der Waals surface area contributed by atoms with E-state index in [1.807, 2.05) is 42.5 Å². The third-order valence-corrected chi connectivity index (χ3v) is 4.45. The van der Waals surface area contributed by atoms with Gasteiger partial charge in [-0.3, -0.25) is 9.69 Å². The lowest BCUT2D eigenvalue weighted by Gasteiger charge is -2.16. The third kappa shape index (κ3) is 3.87. The van der Waals surface area contributed by atoms with Gasteiger partial charge in [-0.15, -0.1) is 0 Å². The van der Waals surface area contributed by atoms with Gasteiger partial charge in [0.1, 0.15) is 11.3 Å². The average molecular weight is 352 g/mol. The molecule has 3 rings (SSSR count). The fourth-order valence-corrected chi connectivity index (χ4v) is 3.02. The van der Waals surface area contributed by atoms with E-state index in [0.29, 0.717) is 19.6 Å². The number of nitrogens with one attached hydrogen (secondary N) is 1. The summed E-state index contributed by atoms with van der Waals surface area (Å²) in [4.78, 5) is 25.3. The van der Waals surface area contributed by atoms with Crippen molar-refractivity contribution in [3.8, 4) is 16.9 Å². The number of amides is 3. The summed E-state index contributed by atoms with van der Waals surface area (Å²) in [6.45, 7) is 4.39. The number of hydrogen-bond donors (Lipinski definition) is 1. The standard InChI is InChI=1S/C21H24N2O3/c1-21(2)19(24)23(20(25)22-21)14-8-9-15-26-18-13-7-6-12-17(18)16-10-4-3-5-11-16/h3-7,10-13H,8-9,14-15H2,1-2H3,(H,22,25). The summed E-state index contributed by atoms with van der Waals surface area (Å²) in [5.74, 6) is 0.674. The van der Waals surface area contributed by atoms with Crippen LogP contribution in [0, 0.1) is 0 Å². The Morgan fingerprint density at radius 2 is 1.65 bits per heavy atom. The molecule has 1 heterocycles. The Morgan fingerprint density at radius 3 is 2.35 bits per heavy atom. The van der Waals surface area contributed by atoms with Crippen LogP contribution in [0.15, 0.2) is 54.6 Å². The normalized spacial score (nSPS) is 15.8. The second kappa shape index (κ2) is 7.60. The van der Waals surface area contributed by atoms with E-state index in [2.05, 4.69) is 17.4 Å². The molecule has 0 unspecified atom stereocenters. The van der Waals surface area contributed by atoms with Gasteiger partial charge in [-0.2, -0.15) is 0 Å². The summed E-state index contributed by atoms with van der Waals surface area (Å²) < 4.78 is 5.95. The molecule has 5 heteroatoms. The summed E-state index contributed by atoms with van der Waals surface area (Å²) in [5.41, 5.74) is 1.37. The highest BCUT2D eigenvalue weighted by atomic mass is 16.5. The van der Waals surface area contributed by atoms with Crippen LogP contribution in [0.4, 0.5) is 4.79 Å². The van der Waals surface area contributed by atoms with E-state index in [1.54, 1.807) is 13.8 Å². The van der Waals surface area contributed by atoms with Crippen LogP contribution in [0.25, 0.3) is 11.1 Å². The van der Waals surface area contributed by atoms with Gasteiger partial charge < -0.3 is 10.1 Å². The molecule has 3 amide bonds. The molecular weight excluding hydrogens is 328 g/mol. The highest BCUT2D eigenvalue weighted by Gasteiger charge is 2.43. The number of unbranched alkanes of at least 4 members (excludes halogenated alkanes) is 1. The Balaban J connectivity index is 1.51. The molecule has 0 saturated carbocycles. The zero-order valence-electron chi connectivity index (χ0n) is 15.2. The van der Waals surface area contributed by atoms with Crippen LogP contribution in [0.3, 0.4) is 0 Å². The molecule has 26 heavy (non-hydrogen) atoms. The maximum Gasteiger partial charge on any atom is 0.325 e. The number of rotatable bonds is 7. The van der Waals surface area contributed by atoms with Gasteiger partial charge in [-0.05, 0) is 38.3 Å². The van der Waals surface area contributed by atoms with E-state index in [-0.39, 0.29) is 11.9 Å². The van der Waals surface area contributed by atoms with Crippen molar-refractivity contribution in [3.63, 3.8) is 0 Å². The Hall–Kier alpha value is -2.82. The van der Waals surface area contributed by atoms with E-state index in [9.17, 15) is 9.59 Å². The van der Waals surface area contributed by atoms with Crippen molar-refractivity contribution in [2.24, 2.45) is 0 Å². The summed E-state index contributed by atoms with van der Waals surface area (Å²) in [6.07, 6.45) is 1.48. The van der Waals surface area contributed by atoms with Gasteiger partial charge >= 0.3 is 6.03 Å². The monoisotopic (exact) mass is 352 g/mol. The number of nitrogens with zero attached hydrogens (tertiary/aromatic N) is 1. The summed E-state index contributed by atoms with van der Waals surface area (Å²) in [5, 5.41) is 2.69. The number of imide groups is 1. The molecular formula is C21H24N2O3. The maximum absolute atomic E-state index is 12.1. The van der Waals surface area contributed by atoms with Crippen molar-refractivity contribution in [1.82, 2.24) is 10.2 Å². The van der Waals surface area contributed by atoms with Crippen LogP contribution in [-0.4, -0.2) is 35.5 Å². The van der Waals surface area contributed by atoms with Crippen LogP contribution in [-0.2, 0) is 4.79 Å². The van der Waals surface area contributed by atoms with Crippen LogP contribution in [0.1, 0.15) is 26.7 Å². The molecule has 5 nitrogen and oxygen atoms in total. The van der Waals surface area contributed by atoms with Gasteiger partial charge in [0.05, 0.1) is 6.61 Å². The first-order chi connectivity index (χ1) is 12.5. The van der Waals surface area contributed by atoms with Crippen molar-refractivity contribution in [2.75, 3.05) is 13.2 Å². The van der Waals surface area contributed by atoms with Crippen LogP contribution >= 0.6 is 0 Å². The molecule has 1 saturated heterocycles. The molecule has 0 bridgehead atoms. The first-order valence-electron chi connectivity index (χ1n) is 8.90. The minimum Gasteiger partial charge on any atom is -0.493 e. The quantitative estimate of drug-likeness (QED) is 0.608. The number of carbonyl (C=O) groups is 2. The van der Waals surface area contributed by atoms with Crippen molar-refractivity contribution in [2.45, 2.75) is 32.2 Å². The first kappa shape index (κ1) is 18.0. The van der Waals surface area contributed by atoms with Gasteiger partial charge in [-0.1, -0.05) is 48.5 Å². The van der Waals surface area contributed by atoms with Crippen LogP contribution < -0.4 is 10.1 Å². The smallest absolute Gasteiger partial charge is 0.325 e. The Labute approximate surface area is 154 Å². The van der Waals surface area contributed by atoms with Crippen LogP contribution in [0.5, 0.6) is 5.75 Å². The zero-order chi connectivity index (χ0) is 18.6. The minimum absolute atomic E-state index is 0.169. The van der Waals surface area contributed by atoms with E-state index >= 15 is 0 Å². The van der Waals surface area contributed by atoms with E-state index in [1.165, 1.54) is 4.90 Å². The highest BCUT2D eigenvalue weighted by molar-refractivity contribution is 6.06. The number of benzene rings is 2. The molecule has 1 fully saturated rings. The number of carbonyl (C=O) groups excluding carboxylic acids is 2. The van der Waals surface area contributed by atoms with E-state index in [0.717, 1.165) is 23.3 Å². The van der Waals surface area contributed by atoms with Crippen molar-refractivity contribution >= 4 is 11.9 Å². The number of hydrogen-bond acceptors (Lipinski definition) is 3. The molecule has 1 aliphatic heterocycles. The number of ether oxygens (including phenoxy) is 1. The molecule has 1 aliphatic rings. The lowest BCUT2D eigenvalue weighted by atomic mass is 10.1. The van der Waals surface area contributed by atoms with Gasteiger partial charge in [0.15, 0.2) is 0 Å². The molecule has 0 aromatic heterocycles. The maximum atomic E-state index is 12.1. The Morgan fingerprint density at radius 1 is 0.962 bits per heavy atom. The predicted molar refractivity (Wildman–Crippen MR) is 101 cm³/mol. The summed E-state index contributed by atoms with van der Waals surface area (Å²) in [7, 11) is 0. The molecule has 1 N–H and O–H groups in total. The highest BCUT2D eigenvalue weighted by Crippen LogP contribution is 2.29. The minimum atomic E-state index is -0.803. The Bertz CT molecular complexity index is 787. The molecule has 0 radical (unpaired) electrons. The average Bonchev–Trinajstić information content (AvgIpc) is 2.83. The zero-order valence-corrected chi connectivity index (χ0v) is 15.2. The SMILES string of the molecule is CC1(C)NC(=O)N(CCCCOc2ccccc2-c2ccccc2)C1=O. The predicted octanol–water partition coefficient (Wildman–Crippen LogP) is 3.84. The first-order valence-corrected chi connectivity index (χ1v) is 8.90. The second-order valence-corrected chi connectivity index (χ2v) is 6.93. The fourth-order valence-electron chi connectivity index (χ4n) is 3.02. The number of urea groups is 1. The number of para-hydroxylation sites is 1. The largest absolute Gasteiger partial charge is 0.493 e.